The zero-order chi connectivity index (χ0) is 15.2. The van der Waals surface area contributed by atoms with Crippen LogP contribution in [0.2, 0.25) is 0 Å². The first-order chi connectivity index (χ1) is 10.1. The lowest BCUT2D eigenvalue weighted by atomic mass is 10.4. The van der Waals surface area contributed by atoms with E-state index in [-0.39, 0.29) is 5.91 Å². The van der Waals surface area contributed by atoms with Crippen LogP contribution < -0.4 is 5.32 Å². The van der Waals surface area contributed by atoms with E-state index < -0.39 is 5.97 Å². The minimum atomic E-state index is -0.415. The number of thiophene rings is 1. The Morgan fingerprint density at radius 2 is 2.29 bits per heavy atom. The molecule has 2 heterocycles. The van der Waals surface area contributed by atoms with Crippen LogP contribution >= 0.6 is 22.7 Å². The average molecular weight is 322 g/mol. The van der Waals surface area contributed by atoms with E-state index in [1.54, 1.807) is 31.3 Å². The third-order valence-corrected chi connectivity index (χ3v) is 4.32. The number of rotatable bonds is 5. The van der Waals surface area contributed by atoms with Crippen LogP contribution in [0.5, 0.6) is 0 Å². The van der Waals surface area contributed by atoms with Gasteiger partial charge in [-0.25, -0.2) is 9.78 Å². The van der Waals surface area contributed by atoms with E-state index >= 15 is 0 Å². The van der Waals surface area contributed by atoms with Gasteiger partial charge in [0, 0.05) is 11.0 Å². The van der Waals surface area contributed by atoms with Gasteiger partial charge in [-0.2, -0.15) is 0 Å². The number of hydrogen-bond acceptors (Lipinski definition) is 6. The molecule has 0 atom stereocenters. The van der Waals surface area contributed by atoms with Gasteiger partial charge in [0.2, 0.25) is 5.91 Å². The minimum Gasteiger partial charge on any atom is -0.462 e. The standard InChI is InChI=1S/C14H14N2O3S2/c1-3-19-13(18)12-9(2)15-14(21-12)16-11(17)7-6-10-5-4-8-20-10/h4-8H,3H2,1-2H3,(H,15,16,17)/b7-6+. The molecule has 1 amide bonds. The summed E-state index contributed by atoms with van der Waals surface area (Å²) in [5, 5.41) is 4.96. The van der Waals surface area contributed by atoms with Crippen LogP contribution in [0.15, 0.2) is 23.6 Å². The van der Waals surface area contributed by atoms with Gasteiger partial charge >= 0.3 is 5.97 Å². The van der Waals surface area contributed by atoms with Gasteiger partial charge in [0.15, 0.2) is 5.13 Å². The molecule has 2 aromatic rings. The van der Waals surface area contributed by atoms with Crippen LogP contribution in [0.4, 0.5) is 5.13 Å². The first-order valence-corrected chi connectivity index (χ1v) is 7.97. The van der Waals surface area contributed by atoms with Crippen LogP contribution in [0, 0.1) is 6.92 Å². The molecular formula is C14H14N2O3S2. The number of nitrogens with one attached hydrogen (secondary N) is 1. The van der Waals surface area contributed by atoms with Crippen molar-refractivity contribution in [2.75, 3.05) is 11.9 Å². The van der Waals surface area contributed by atoms with Gasteiger partial charge in [0.25, 0.3) is 0 Å². The van der Waals surface area contributed by atoms with Crippen LogP contribution in [-0.4, -0.2) is 23.5 Å². The summed E-state index contributed by atoms with van der Waals surface area (Å²) in [5.41, 5.74) is 0.552. The lowest BCUT2D eigenvalue weighted by Gasteiger charge is -1.97. The monoisotopic (exact) mass is 322 g/mol. The van der Waals surface area contributed by atoms with Crippen molar-refractivity contribution in [3.8, 4) is 0 Å². The Hall–Kier alpha value is -1.99. The van der Waals surface area contributed by atoms with Crippen molar-refractivity contribution in [2.45, 2.75) is 13.8 Å². The predicted octanol–water partition coefficient (Wildman–Crippen LogP) is 3.34. The predicted molar refractivity (Wildman–Crippen MR) is 84.8 cm³/mol. The minimum absolute atomic E-state index is 0.285. The van der Waals surface area contributed by atoms with Gasteiger partial charge in [-0.1, -0.05) is 17.4 Å². The number of carbonyl (C=O) groups is 2. The van der Waals surface area contributed by atoms with Crippen molar-refractivity contribution < 1.29 is 14.3 Å². The molecule has 0 saturated heterocycles. The van der Waals surface area contributed by atoms with E-state index in [1.165, 1.54) is 6.08 Å². The van der Waals surface area contributed by atoms with Crippen molar-refractivity contribution in [1.82, 2.24) is 4.98 Å². The molecule has 0 bridgehead atoms. The number of aryl methyl sites for hydroxylation is 1. The number of esters is 1. The molecule has 2 rings (SSSR count). The summed E-state index contributed by atoms with van der Waals surface area (Å²) in [4.78, 5) is 29.0. The Bertz CT molecular complexity index is 660. The molecular weight excluding hydrogens is 308 g/mol. The normalized spacial score (nSPS) is 10.8. The van der Waals surface area contributed by atoms with E-state index in [9.17, 15) is 9.59 Å². The van der Waals surface area contributed by atoms with Gasteiger partial charge < -0.3 is 4.74 Å². The van der Waals surface area contributed by atoms with Crippen LogP contribution in [0.3, 0.4) is 0 Å². The van der Waals surface area contributed by atoms with Crippen molar-refractivity contribution in [3.05, 3.63) is 39.0 Å². The third kappa shape index (κ3) is 4.24. The quantitative estimate of drug-likeness (QED) is 0.677. The summed E-state index contributed by atoms with van der Waals surface area (Å²) in [6.45, 7) is 3.76. The van der Waals surface area contributed by atoms with Crippen LogP contribution in [0.25, 0.3) is 6.08 Å². The van der Waals surface area contributed by atoms with Crippen molar-refractivity contribution >= 4 is 45.8 Å². The number of aromatic nitrogens is 1. The maximum Gasteiger partial charge on any atom is 0.350 e. The van der Waals surface area contributed by atoms with Crippen LogP contribution in [0.1, 0.15) is 27.2 Å². The molecule has 5 nitrogen and oxygen atoms in total. The number of thiazole rings is 1. The molecule has 0 aliphatic rings. The highest BCUT2D eigenvalue weighted by Crippen LogP contribution is 2.23. The van der Waals surface area contributed by atoms with E-state index in [2.05, 4.69) is 10.3 Å². The second kappa shape index (κ2) is 7.14. The lowest BCUT2D eigenvalue weighted by molar-refractivity contribution is -0.111. The van der Waals surface area contributed by atoms with Gasteiger partial charge in [-0.3, -0.25) is 10.1 Å². The first-order valence-electron chi connectivity index (χ1n) is 6.27. The Labute approximate surface area is 130 Å². The van der Waals surface area contributed by atoms with Crippen LogP contribution in [-0.2, 0) is 9.53 Å². The number of hydrogen-bond donors (Lipinski definition) is 1. The number of anilines is 1. The van der Waals surface area contributed by atoms with E-state index in [1.807, 2.05) is 17.5 Å². The molecule has 0 aromatic carbocycles. The smallest absolute Gasteiger partial charge is 0.350 e. The SMILES string of the molecule is CCOC(=O)c1sc(NC(=O)/C=C/c2cccs2)nc1C. The third-order valence-electron chi connectivity index (χ3n) is 2.43. The molecule has 0 radical (unpaired) electrons. The van der Waals surface area contributed by atoms with E-state index in [4.69, 9.17) is 4.74 Å². The highest BCUT2D eigenvalue weighted by atomic mass is 32.1. The number of ether oxygens (including phenoxy) is 1. The summed E-state index contributed by atoms with van der Waals surface area (Å²) in [6.07, 6.45) is 3.17. The largest absolute Gasteiger partial charge is 0.462 e. The van der Waals surface area contributed by atoms with Crippen molar-refractivity contribution in [1.29, 1.82) is 0 Å². The van der Waals surface area contributed by atoms with Gasteiger partial charge in [-0.15, -0.1) is 11.3 Å². The molecule has 0 spiro atoms. The molecule has 110 valence electrons. The summed E-state index contributed by atoms with van der Waals surface area (Å²) in [7, 11) is 0. The molecule has 7 heteroatoms. The van der Waals surface area contributed by atoms with Gasteiger partial charge in [0.05, 0.1) is 12.3 Å². The molecule has 1 N–H and O–H groups in total. The fourth-order valence-electron chi connectivity index (χ4n) is 1.53. The highest BCUT2D eigenvalue weighted by molar-refractivity contribution is 7.17. The van der Waals surface area contributed by atoms with Gasteiger partial charge in [0.1, 0.15) is 4.88 Å². The number of carbonyl (C=O) groups excluding carboxylic acids is 2. The second-order valence-corrected chi connectivity index (χ2v) is 5.97. The lowest BCUT2D eigenvalue weighted by Crippen LogP contribution is -2.07. The van der Waals surface area contributed by atoms with E-state index in [0.29, 0.717) is 22.3 Å². The maximum atomic E-state index is 11.8. The Morgan fingerprint density at radius 3 is 2.95 bits per heavy atom. The topological polar surface area (TPSA) is 68.3 Å². The van der Waals surface area contributed by atoms with Crippen molar-refractivity contribution in [2.24, 2.45) is 0 Å². The molecule has 0 saturated carbocycles. The average Bonchev–Trinajstić information content (AvgIpc) is 3.06. The molecule has 0 fully saturated rings. The first kappa shape index (κ1) is 15.4. The Kier molecular flexibility index (Phi) is 5.24. The maximum absolute atomic E-state index is 11.8. The fourth-order valence-corrected chi connectivity index (χ4v) is 3.01. The van der Waals surface area contributed by atoms with E-state index in [0.717, 1.165) is 16.2 Å². The molecule has 0 aliphatic heterocycles. The molecule has 0 unspecified atom stereocenters. The molecule has 21 heavy (non-hydrogen) atoms. The van der Waals surface area contributed by atoms with Gasteiger partial charge in [-0.05, 0) is 31.4 Å². The summed E-state index contributed by atoms with van der Waals surface area (Å²) in [6, 6.07) is 3.83. The summed E-state index contributed by atoms with van der Waals surface area (Å²) in [5.74, 6) is -0.699. The highest BCUT2D eigenvalue weighted by Gasteiger charge is 2.16. The molecule has 0 aliphatic carbocycles. The number of amides is 1. The zero-order valence-corrected chi connectivity index (χ0v) is 13.2. The molecule has 2 aromatic heterocycles. The Morgan fingerprint density at radius 1 is 1.48 bits per heavy atom. The summed E-state index contributed by atoms with van der Waals surface area (Å²) < 4.78 is 4.93. The fraction of sp³-hybridized carbons (Fsp3) is 0.214. The Balaban J connectivity index is 2.01. The second-order valence-electron chi connectivity index (χ2n) is 3.99. The number of nitrogens with zero attached hydrogens (tertiary/aromatic N) is 1. The van der Waals surface area contributed by atoms with Crippen molar-refractivity contribution in [3.63, 3.8) is 0 Å². The zero-order valence-electron chi connectivity index (χ0n) is 11.6. The summed E-state index contributed by atoms with van der Waals surface area (Å²) >= 11 is 2.66.